The Hall–Kier alpha value is -3.09. The summed E-state index contributed by atoms with van der Waals surface area (Å²) in [4.78, 5) is 28.2. The molecule has 1 aliphatic rings. The van der Waals surface area contributed by atoms with E-state index >= 15 is 0 Å². The molecule has 3 aromatic heterocycles. The minimum atomic E-state index is 0.0777. The van der Waals surface area contributed by atoms with E-state index in [-0.39, 0.29) is 5.91 Å². The number of likely N-dealkylation sites (tertiary alicyclic amines) is 1. The summed E-state index contributed by atoms with van der Waals surface area (Å²) in [7, 11) is 0. The van der Waals surface area contributed by atoms with Gasteiger partial charge in [0.1, 0.15) is 5.82 Å². The molecule has 1 amide bonds. The van der Waals surface area contributed by atoms with E-state index in [1.165, 1.54) is 0 Å². The molecule has 4 rings (SSSR count). The summed E-state index contributed by atoms with van der Waals surface area (Å²) in [5, 5.41) is 4.31. The first-order valence-electron chi connectivity index (χ1n) is 10.1. The van der Waals surface area contributed by atoms with Gasteiger partial charge in [0.25, 0.3) is 5.91 Å². The lowest BCUT2D eigenvalue weighted by Gasteiger charge is -2.32. The number of aryl methyl sites for hydroxylation is 2. The molecule has 1 saturated heterocycles. The van der Waals surface area contributed by atoms with Crippen LogP contribution in [0.2, 0.25) is 0 Å². The van der Waals surface area contributed by atoms with Crippen molar-refractivity contribution < 1.29 is 4.79 Å². The van der Waals surface area contributed by atoms with Crippen LogP contribution in [0.5, 0.6) is 0 Å². The highest BCUT2D eigenvalue weighted by atomic mass is 16.2. The zero-order chi connectivity index (χ0) is 20.4. The molecule has 0 saturated carbocycles. The molecule has 7 nitrogen and oxygen atoms in total. The third-order valence-corrected chi connectivity index (χ3v) is 5.73. The fourth-order valence-corrected chi connectivity index (χ4v) is 4.05. The average Bonchev–Trinajstić information content (AvgIpc) is 3.14. The van der Waals surface area contributed by atoms with Gasteiger partial charge in [0, 0.05) is 55.4 Å². The van der Waals surface area contributed by atoms with Crippen molar-refractivity contribution in [1.29, 1.82) is 0 Å². The lowest BCUT2D eigenvalue weighted by Crippen LogP contribution is -2.38. The van der Waals surface area contributed by atoms with Crippen molar-refractivity contribution in [2.45, 2.75) is 46.1 Å². The highest BCUT2D eigenvalue weighted by molar-refractivity contribution is 5.95. The van der Waals surface area contributed by atoms with Crippen LogP contribution in [-0.2, 0) is 6.54 Å². The van der Waals surface area contributed by atoms with Crippen LogP contribution >= 0.6 is 0 Å². The number of rotatable bonds is 4. The molecule has 150 valence electrons. The van der Waals surface area contributed by atoms with Crippen molar-refractivity contribution in [3.63, 3.8) is 0 Å². The van der Waals surface area contributed by atoms with Gasteiger partial charge in [-0.25, -0.2) is 9.97 Å². The first-order chi connectivity index (χ1) is 14.1. The molecule has 0 bridgehead atoms. The van der Waals surface area contributed by atoms with E-state index in [9.17, 15) is 4.79 Å². The van der Waals surface area contributed by atoms with Crippen LogP contribution in [0.15, 0.2) is 36.9 Å². The Morgan fingerprint density at radius 2 is 1.86 bits per heavy atom. The average molecular weight is 390 g/mol. The minimum Gasteiger partial charge on any atom is -0.338 e. The van der Waals surface area contributed by atoms with E-state index in [0.717, 1.165) is 60.8 Å². The number of hydrogen-bond acceptors (Lipinski definition) is 5. The predicted octanol–water partition coefficient (Wildman–Crippen LogP) is 3.39. The molecule has 1 fully saturated rings. The first kappa shape index (κ1) is 19.2. The molecule has 0 N–H and O–H groups in total. The molecule has 1 aliphatic heterocycles. The van der Waals surface area contributed by atoms with Crippen LogP contribution in [-0.4, -0.2) is 48.6 Å². The van der Waals surface area contributed by atoms with Gasteiger partial charge in [-0.05, 0) is 51.3 Å². The van der Waals surface area contributed by atoms with Crippen molar-refractivity contribution in [3.05, 3.63) is 59.7 Å². The third-order valence-electron chi connectivity index (χ3n) is 5.73. The summed E-state index contributed by atoms with van der Waals surface area (Å²) in [6.45, 7) is 8.13. The van der Waals surface area contributed by atoms with Gasteiger partial charge >= 0.3 is 0 Å². The second kappa shape index (κ2) is 8.11. The molecule has 0 unspecified atom stereocenters. The van der Waals surface area contributed by atoms with Crippen LogP contribution in [0.25, 0.3) is 11.1 Å². The van der Waals surface area contributed by atoms with Gasteiger partial charge < -0.3 is 4.90 Å². The number of carbonyl (C=O) groups excluding carboxylic acids is 1. The zero-order valence-corrected chi connectivity index (χ0v) is 17.2. The summed E-state index contributed by atoms with van der Waals surface area (Å²) in [5.41, 5.74) is 4.86. The summed E-state index contributed by atoms with van der Waals surface area (Å²) in [5.74, 6) is 1.16. The Balaban J connectivity index is 1.52. The van der Waals surface area contributed by atoms with Crippen molar-refractivity contribution in [2.24, 2.45) is 0 Å². The Morgan fingerprint density at radius 1 is 1.14 bits per heavy atom. The summed E-state index contributed by atoms with van der Waals surface area (Å²) < 4.78 is 1.87. The lowest BCUT2D eigenvalue weighted by molar-refractivity contribution is 0.0711. The van der Waals surface area contributed by atoms with E-state index in [1.807, 2.05) is 48.7 Å². The van der Waals surface area contributed by atoms with Crippen molar-refractivity contribution >= 4 is 5.91 Å². The molecular weight excluding hydrogens is 364 g/mol. The second-order valence-corrected chi connectivity index (χ2v) is 7.48. The Labute approximate surface area is 170 Å². The van der Waals surface area contributed by atoms with Crippen LogP contribution in [0.3, 0.4) is 0 Å². The van der Waals surface area contributed by atoms with Crippen molar-refractivity contribution in [1.82, 2.24) is 29.6 Å². The van der Waals surface area contributed by atoms with Gasteiger partial charge in [-0.3, -0.25) is 14.5 Å². The maximum absolute atomic E-state index is 13.0. The number of amides is 1. The number of aromatic nitrogens is 5. The zero-order valence-electron chi connectivity index (χ0n) is 17.2. The van der Waals surface area contributed by atoms with Gasteiger partial charge in [0.05, 0.1) is 17.5 Å². The maximum atomic E-state index is 13.0. The monoisotopic (exact) mass is 390 g/mol. The van der Waals surface area contributed by atoms with E-state index in [4.69, 9.17) is 4.98 Å². The van der Waals surface area contributed by atoms with Gasteiger partial charge in [-0.2, -0.15) is 5.10 Å². The molecular formula is C22H26N6O. The van der Waals surface area contributed by atoms with Crippen LogP contribution in [0.1, 0.15) is 53.3 Å². The fraction of sp³-hybridized carbons (Fsp3) is 0.409. The first-order valence-corrected chi connectivity index (χ1v) is 10.1. The van der Waals surface area contributed by atoms with Gasteiger partial charge in [0.2, 0.25) is 0 Å². The molecule has 4 heterocycles. The molecule has 0 atom stereocenters. The van der Waals surface area contributed by atoms with Crippen LogP contribution in [0.4, 0.5) is 0 Å². The SMILES string of the molecule is CCn1ncc(C(=O)N2CCC(c3nc(C)ncc3-c3ccncc3)CC2)c1C. The normalized spacial score (nSPS) is 14.9. The van der Waals surface area contributed by atoms with E-state index in [2.05, 4.69) is 15.1 Å². The molecule has 7 heteroatoms. The number of nitrogens with zero attached hydrogens (tertiary/aromatic N) is 6. The third kappa shape index (κ3) is 3.77. The Bertz CT molecular complexity index is 1010. The topological polar surface area (TPSA) is 76.8 Å². The van der Waals surface area contributed by atoms with Crippen molar-refractivity contribution in [3.8, 4) is 11.1 Å². The number of carbonyl (C=O) groups is 1. The lowest BCUT2D eigenvalue weighted by atomic mass is 9.89. The number of pyridine rings is 1. The molecule has 29 heavy (non-hydrogen) atoms. The summed E-state index contributed by atoms with van der Waals surface area (Å²) in [6, 6.07) is 3.98. The molecule has 0 aromatic carbocycles. The van der Waals surface area contributed by atoms with Gasteiger partial charge in [0.15, 0.2) is 0 Å². The standard InChI is InChI=1S/C22H26N6O/c1-4-28-15(2)19(14-25-28)22(29)27-11-7-18(8-12-27)21-20(13-24-16(3)26-21)17-5-9-23-10-6-17/h5-6,9-10,13-14,18H,4,7-8,11-12H2,1-3H3. The van der Waals surface area contributed by atoms with Gasteiger partial charge in [-0.1, -0.05) is 0 Å². The van der Waals surface area contributed by atoms with Crippen LogP contribution in [0, 0.1) is 13.8 Å². The van der Waals surface area contributed by atoms with E-state index < -0.39 is 0 Å². The smallest absolute Gasteiger partial charge is 0.257 e. The summed E-state index contributed by atoms with van der Waals surface area (Å²) in [6.07, 6.45) is 8.97. The molecule has 0 radical (unpaired) electrons. The van der Waals surface area contributed by atoms with E-state index in [0.29, 0.717) is 11.5 Å². The minimum absolute atomic E-state index is 0.0777. The van der Waals surface area contributed by atoms with Gasteiger partial charge in [-0.15, -0.1) is 0 Å². The predicted molar refractivity (Wildman–Crippen MR) is 111 cm³/mol. The number of piperidine rings is 1. The molecule has 0 aliphatic carbocycles. The van der Waals surface area contributed by atoms with E-state index in [1.54, 1.807) is 18.6 Å². The Kier molecular flexibility index (Phi) is 5.38. The highest BCUT2D eigenvalue weighted by Gasteiger charge is 2.28. The molecule has 3 aromatic rings. The quantitative estimate of drug-likeness (QED) is 0.682. The molecule has 0 spiro atoms. The largest absolute Gasteiger partial charge is 0.338 e. The number of hydrogen-bond donors (Lipinski definition) is 0. The maximum Gasteiger partial charge on any atom is 0.257 e. The summed E-state index contributed by atoms with van der Waals surface area (Å²) >= 11 is 0. The fourth-order valence-electron chi connectivity index (χ4n) is 4.05. The second-order valence-electron chi connectivity index (χ2n) is 7.48. The Morgan fingerprint density at radius 3 is 2.52 bits per heavy atom. The van der Waals surface area contributed by atoms with Crippen LogP contribution < -0.4 is 0 Å². The highest BCUT2D eigenvalue weighted by Crippen LogP contribution is 2.34. The van der Waals surface area contributed by atoms with Crippen molar-refractivity contribution in [2.75, 3.05) is 13.1 Å².